The Balaban J connectivity index is 1.48. The zero-order valence-corrected chi connectivity index (χ0v) is 41.7. The van der Waals surface area contributed by atoms with Crippen molar-refractivity contribution in [2.45, 2.75) is 192 Å². The van der Waals surface area contributed by atoms with Crippen LogP contribution in [0.25, 0.3) is 0 Å². The Morgan fingerprint density at radius 1 is 0.379 bits per heavy atom. The molecule has 0 aliphatic carbocycles. The summed E-state index contributed by atoms with van der Waals surface area (Å²) in [5.74, 6) is -5.27. The molecule has 0 radical (unpaired) electrons. The summed E-state index contributed by atoms with van der Waals surface area (Å²) in [6.07, 6.45) is 3.07. The fourth-order valence-corrected chi connectivity index (χ4v) is 13.9. The molecule has 9 heteroatoms. The van der Waals surface area contributed by atoms with E-state index in [0.29, 0.717) is 69.3 Å². The van der Waals surface area contributed by atoms with Gasteiger partial charge in [-0.1, -0.05) is 91.0 Å². The lowest BCUT2D eigenvalue weighted by molar-refractivity contribution is -0.0477. The first-order valence-electron chi connectivity index (χ1n) is 24.1. The Labute approximate surface area is 394 Å². The number of likely N-dealkylation sites (tertiary alicyclic amines) is 3. The van der Waals surface area contributed by atoms with Gasteiger partial charge in [0.1, 0.15) is 0 Å². The summed E-state index contributed by atoms with van der Waals surface area (Å²) in [6, 6.07) is 31.0. The van der Waals surface area contributed by atoms with Crippen molar-refractivity contribution in [1.29, 1.82) is 0 Å². The quantitative estimate of drug-likeness (QED) is 0.128. The van der Waals surface area contributed by atoms with Gasteiger partial charge in [-0.05, 0) is 173 Å². The smallest absolute Gasteiger partial charge is 0.336 e. The first kappa shape index (κ1) is 49.1. The van der Waals surface area contributed by atoms with Crippen molar-refractivity contribution in [3.63, 3.8) is 0 Å². The highest BCUT2D eigenvalue weighted by Crippen LogP contribution is 2.57. The van der Waals surface area contributed by atoms with Crippen molar-refractivity contribution in [3.8, 4) is 0 Å². The molecule has 0 spiro atoms. The van der Waals surface area contributed by atoms with Crippen molar-refractivity contribution >= 4 is 17.9 Å². The summed E-state index contributed by atoms with van der Waals surface area (Å²) in [6.45, 7) is 28.3. The molecule has 3 heterocycles. The van der Waals surface area contributed by atoms with Crippen molar-refractivity contribution in [2.75, 3.05) is 0 Å². The molecule has 0 aromatic heterocycles. The predicted octanol–water partition coefficient (Wildman–Crippen LogP) is 12.6. The highest BCUT2D eigenvalue weighted by atomic mass is 16.4. The van der Waals surface area contributed by atoms with E-state index in [0.717, 1.165) is 5.56 Å². The van der Waals surface area contributed by atoms with Crippen molar-refractivity contribution in [1.82, 2.24) is 14.7 Å². The number of carboxylic acid groups (broad SMARTS) is 3. The van der Waals surface area contributed by atoms with Gasteiger partial charge in [-0.2, -0.15) is 0 Å². The Kier molecular flexibility index (Phi) is 13.1. The molecule has 3 fully saturated rings. The maximum absolute atomic E-state index is 14.6. The molecule has 4 aromatic rings. The van der Waals surface area contributed by atoms with Crippen LogP contribution in [-0.2, 0) is 19.6 Å². The average Bonchev–Trinajstić information content (AvgIpc) is 3.21. The SMILES string of the molecule is CC1(C)CC(c2c(C(=O)O)c(C(=O)O)c(C3CC(C)(C)N(Cc4ccccc4)C(C)(C)C3)c(C3CC(C)(C)N(Cc4ccccc4)C(C)(C)C3)c2C(=O)O)CC(C)(C)N1Cc1ccccc1. The van der Waals surface area contributed by atoms with Crippen LogP contribution < -0.4 is 0 Å². The molecule has 3 saturated heterocycles. The third-order valence-corrected chi connectivity index (χ3v) is 15.9. The van der Waals surface area contributed by atoms with E-state index in [4.69, 9.17) is 0 Å². The highest BCUT2D eigenvalue weighted by molar-refractivity contribution is 6.08. The maximum atomic E-state index is 14.6. The molecule has 9 nitrogen and oxygen atoms in total. The van der Waals surface area contributed by atoms with Crippen LogP contribution in [0.1, 0.15) is 204 Å². The van der Waals surface area contributed by atoms with Crippen LogP contribution in [0, 0.1) is 0 Å². The molecule has 0 atom stereocenters. The second kappa shape index (κ2) is 17.7. The topological polar surface area (TPSA) is 122 Å². The van der Waals surface area contributed by atoms with E-state index < -0.39 is 63.0 Å². The van der Waals surface area contributed by atoms with Crippen molar-refractivity contribution in [2.24, 2.45) is 0 Å². The lowest BCUT2D eigenvalue weighted by Gasteiger charge is -2.58. The molecule has 0 unspecified atom stereocenters. The zero-order valence-electron chi connectivity index (χ0n) is 41.7. The molecule has 7 rings (SSSR count). The van der Waals surface area contributed by atoms with E-state index in [9.17, 15) is 29.7 Å². The lowest BCUT2D eigenvalue weighted by Crippen LogP contribution is -2.60. The number of piperidine rings is 3. The van der Waals surface area contributed by atoms with Crippen LogP contribution in [0.15, 0.2) is 91.0 Å². The summed E-state index contributed by atoms with van der Waals surface area (Å²) >= 11 is 0. The highest BCUT2D eigenvalue weighted by Gasteiger charge is 2.54. The Morgan fingerprint density at radius 3 is 0.833 bits per heavy atom. The number of aromatic carboxylic acids is 3. The van der Waals surface area contributed by atoms with Crippen LogP contribution >= 0.6 is 0 Å². The second-order valence-corrected chi connectivity index (χ2v) is 23.7. The molecular formula is C57H75N3O6. The van der Waals surface area contributed by atoms with Gasteiger partial charge in [0.15, 0.2) is 0 Å². The van der Waals surface area contributed by atoms with Gasteiger partial charge in [-0.15, -0.1) is 0 Å². The number of benzene rings is 4. The van der Waals surface area contributed by atoms with Crippen LogP contribution in [0.3, 0.4) is 0 Å². The number of hydrogen-bond donors (Lipinski definition) is 3. The molecule has 3 aliphatic rings. The molecule has 3 aliphatic heterocycles. The number of carbonyl (C=O) groups is 3. The Morgan fingerprint density at radius 2 is 0.591 bits per heavy atom. The first-order chi connectivity index (χ1) is 30.7. The van der Waals surface area contributed by atoms with Crippen molar-refractivity contribution < 1.29 is 29.7 Å². The first-order valence-corrected chi connectivity index (χ1v) is 24.1. The molecular weight excluding hydrogens is 823 g/mol. The number of carboxylic acids is 3. The summed E-state index contributed by atoms with van der Waals surface area (Å²) in [5, 5.41) is 35.2. The van der Waals surface area contributed by atoms with Crippen LogP contribution in [0.5, 0.6) is 0 Å². The predicted molar refractivity (Wildman–Crippen MR) is 264 cm³/mol. The standard InChI is InChI=1S/C57H75N3O6/c1-52(2)28-40(29-53(3,4)58(52)34-37-22-16-13-17-23-37)43-44(41-30-54(5,6)59(55(7,8)31-41)35-38-24-18-14-19-25-38)47(50(63)64)48(51(65)66)45(46(43)49(61)62)42-32-56(9,10)60(57(11,12)33-42)36-39-26-20-15-21-27-39/h13-27,40-42H,28-36H2,1-12H3,(H,61,62)(H,63,64)(H,65,66). The fourth-order valence-electron chi connectivity index (χ4n) is 13.9. The fraction of sp³-hybridized carbons (Fsp3) is 0.526. The van der Waals surface area contributed by atoms with Gasteiger partial charge in [-0.3, -0.25) is 14.7 Å². The number of nitrogens with zero attached hydrogens (tertiary/aromatic N) is 3. The maximum Gasteiger partial charge on any atom is 0.336 e. The van der Waals surface area contributed by atoms with E-state index in [1.54, 1.807) is 0 Å². The second-order valence-electron chi connectivity index (χ2n) is 23.7. The zero-order chi connectivity index (χ0) is 48.4. The van der Waals surface area contributed by atoms with Gasteiger partial charge < -0.3 is 15.3 Å². The van der Waals surface area contributed by atoms with E-state index in [2.05, 4.69) is 146 Å². The summed E-state index contributed by atoms with van der Waals surface area (Å²) in [7, 11) is 0. The van der Waals surface area contributed by atoms with Crippen LogP contribution in [0.4, 0.5) is 0 Å². The van der Waals surface area contributed by atoms with Gasteiger partial charge in [0, 0.05) is 52.9 Å². The van der Waals surface area contributed by atoms with E-state index in [1.807, 2.05) is 42.5 Å². The third kappa shape index (κ3) is 9.50. The minimum Gasteiger partial charge on any atom is -0.478 e. The monoisotopic (exact) mass is 898 g/mol. The average molecular weight is 898 g/mol. The summed E-state index contributed by atoms with van der Waals surface area (Å²) < 4.78 is 0. The third-order valence-electron chi connectivity index (χ3n) is 15.9. The van der Waals surface area contributed by atoms with E-state index >= 15 is 0 Å². The molecule has 66 heavy (non-hydrogen) atoms. The lowest BCUT2D eigenvalue weighted by atomic mass is 9.61. The van der Waals surface area contributed by atoms with Crippen LogP contribution in [-0.4, -0.2) is 81.2 Å². The Bertz CT molecular complexity index is 2380. The molecule has 0 saturated carbocycles. The van der Waals surface area contributed by atoms with Gasteiger partial charge in [0.25, 0.3) is 0 Å². The summed E-state index contributed by atoms with van der Waals surface area (Å²) in [5.41, 5.74) is 1.19. The largest absolute Gasteiger partial charge is 0.478 e. The van der Waals surface area contributed by atoms with Gasteiger partial charge in [-0.25, -0.2) is 14.4 Å². The number of rotatable bonds is 12. The molecule has 0 amide bonds. The van der Waals surface area contributed by atoms with Gasteiger partial charge in [0.2, 0.25) is 0 Å². The minimum absolute atomic E-state index is 0.0101. The molecule has 4 aromatic carbocycles. The summed E-state index contributed by atoms with van der Waals surface area (Å²) in [4.78, 5) is 50.6. The molecule has 354 valence electrons. The normalized spacial score (nSPS) is 22.2. The van der Waals surface area contributed by atoms with Crippen molar-refractivity contribution in [3.05, 3.63) is 141 Å². The van der Waals surface area contributed by atoms with E-state index in [1.165, 1.54) is 11.1 Å². The number of hydrogen-bond acceptors (Lipinski definition) is 6. The van der Waals surface area contributed by atoms with E-state index in [-0.39, 0.29) is 28.2 Å². The van der Waals surface area contributed by atoms with Crippen LogP contribution in [0.2, 0.25) is 0 Å². The van der Waals surface area contributed by atoms with Gasteiger partial charge in [0.05, 0.1) is 16.7 Å². The molecule has 3 N–H and O–H groups in total. The minimum atomic E-state index is -1.39. The van der Waals surface area contributed by atoms with Gasteiger partial charge >= 0.3 is 17.9 Å². The molecule has 0 bridgehead atoms. The Hall–Kier alpha value is -4.83.